The minimum Gasteiger partial charge on any atom is -0.507 e. The van der Waals surface area contributed by atoms with Crippen LogP contribution in [0.25, 0.3) is 10.8 Å². The minimum atomic E-state index is -1.03. The summed E-state index contributed by atoms with van der Waals surface area (Å²) in [5.41, 5.74) is 1.83. The molecule has 0 fully saturated rings. The van der Waals surface area contributed by atoms with Crippen LogP contribution in [0.4, 0.5) is 11.4 Å². The van der Waals surface area contributed by atoms with E-state index in [9.17, 15) is 15.0 Å². The molecule has 0 aliphatic rings. The van der Waals surface area contributed by atoms with Crippen molar-refractivity contribution in [2.24, 2.45) is 0 Å². The van der Waals surface area contributed by atoms with Gasteiger partial charge in [0.25, 0.3) is 0 Å². The summed E-state index contributed by atoms with van der Waals surface area (Å²) >= 11 is 0. The molecule has 0 saturated carbocycles. The average Bonchev–Trinajstić information content (AvgIpc) is 2.54. The van der Waals surface area contributed by atoms with Crippen molar-refractivity contribution in [2.45, 2.75) is 6.92 Å². The summed E-state index contributed by atoms with van der Waals surface area (Å²) in [6.45, 7) is 1.83. The van der Waals surface area contributed by atoms with Crippen molar-refractivity contribution in [3.63, 3.8) is 0 Å². The van der Waals surface area contributed by atoms with E-state index in [0.717, 1.165) is 5.56 Å². The number of phenolic OH excluding ortho intramolecular Hbond substituents is 2. The Balaban J connectivity index is 2.10. The fraction of sp³-hybridized carbons (Fsp3) is 0.0556. The van der Waals surface area contributed by atoms with E-state index in [2.05, 4.69) is 5.32 Å². The molecule has 5 nitrogen and oxygen atoms in total. The molecule has 0 aliphatic carbocycles. The number of carbonyl (C=O) groups is 1. The maximum Gasteiger partial charge on any atom is 0.335 e. The van der Waals surface area contributed by atoms with Crippen molar-refractivity contribution in [3.05, 3.63) is 59.7 Å². The first-order valence-electron chi connectivity index (χ1n) is 7.02. The number of anilines is 2. The lowest BCUT2D eigenvalue weighted by Crippen LogP contribution is -2.00. The Morgan fingerprint density at radius 3 is 2.35 bits per heavy atom. The Bertz CT molecular complexity index is 918. The highest BCUT2D eigenvalue weighted by molar-refractivity contribution is 5.98. The molecule has 0 bridgehead atoms. The molecule has 0 amide bonds. The van der Waals surface area contributed by atoms with Gasteiger partial charge in [-0.15, -0.1) is 0 Å². The molecular formula is C18H15NO4. The van der Waals surface area contributed by atoms with Crippen LogP contribution < -0.4 is 5.32 Å². The van der Waals surface area contributed by atoms with Crippen LogP contribution in [0.1, 0.15) is 15.9 Å². The van der Waals surface area contributed by atoms with Gasteiger partial charge in [-0.1, -0.05) is 30.3 Å². The van der Waals surface area contributed by atoms with E-state index >= 15 is 0 Å². The van der Waals surface area contributed by atoms with Crippen LogP contribution in [0.5, 0.6) is 11.5 Å². The summed E-state index contributed by atoms with van der Waals surface area (Å²) in [5.74, 6) is -0.995. The molecule has 0 heterocycles. The van der Waals surface area contributed by atoms with Gasteiger partial charge in [-0.05, 0) is 24.6 Å². The van der Waals surface area contributed by atoms with E-state index in [1.165, 1.54) is 18.2 Å². The standard InChI is InChI=1S/C18H15NO4/c1-10-6-7-11(18(22)23)8-14(10)19-15-9-16(20)12-4-2-3-5-13(12)17(15)21/h2-9,19-21H,1H3,(H,22,23). The van der Waals surface area contributed by atoms with E-state index < -0.39 is 5.97 Å². The number of aromatic carboxylic acids is 1. The van der Waals surface area contributed by atoms with Crippen molar-refractivity contribution >= 4 is 28.1 Å². The number of phenols is 2. The second kappa shape index (κ2) is 5.53. The molecule has 3 aromatic carbocycles. The van der Waals surface area contributed by atoms with Gasteiger partial charge < -0.3 is 20.6 Å². The van der Waals surface area contributed by atoms with Crippen LogP contribution in [0, 0.1) is 6.92 Å². The number of carboxylic acid groups (broad SMARTS) is 1. The molecule has 0 aliphatic heterocycles. The Hall–Kier alpha value is -3.21. The number of aryl methyl sites for hydroxylation is 1. The van der Waals surface area contributed by atoms with Gasteiger partial charge in [-0.3, -0.25) is 0 Å². The van der Waals surface area contributed by atoms with E-state index in [1.54, 1.807) is 30.3 Å². The molecule has 0 atom stereocenters. The predicted octanol–water partition coefficient (Wildman–Crippen LogP) is 4.00. The number of fused-ring (bicyclic) bond motifs is 1. The SMILES string of the molecule is Cc1ccc(C(=O)O)cc1Nc1cc(O)c2ccccc2c1O. The third kappa shape index (κ3) is 2.64. The maximum absolute atomic E-state index is 11.1. The normalized spacial score (nSPS) is 10.7. The monoisotopic (exact) mass is 309 g/mol. The first-order valence-corrected chi connectivity index (χ1v) is 7.02. The van der Waals surface area contributed by atoms with Crippen molar-refractivity contribution in [1.29, 1.82) is 0 Å². The lowest BCUT2D eigenvalue weighted by atomic mass is 10.1. The highest BCUT2D eigenvalue weighted by Crippen LogP contribution is 2.40. The van der Waals surface area contributed by atoms with Gasteiger partial charge in [0, 0.05) is 22.5 Å². The summed E-state index contributed by atoms with van der Waals surface area (Å²) in [4.78, 5) is 11.1. The number of rotatable bonds is 3. The molecule has 3 aromatic rings. The van der Waals surface area contributed by atoms with Crippen LogP contribution in [0.2, 0.25) is 0 Å². The van der Waals surface area contributed by atoms with Gasteiger partial charge >= 0.3 is 5.97 Å². The second-order valence-corrected chi connectivity index (χ2v) is 5.30. The molecular weight excluding hydrogens is 294 g/mol. The van der Waals surface area contributed by atoms with E-state index in [0.29, 0.717) is 22.1 Å². The summed E-state index contributed by atoms with van der Waals surface area (Å²) < 4.78 is 0. The molecule has 3 rings (SSSR count). The Morgan fingerprint density at radius 2 is 1.65 bits per heavy atom. The Labute approximate surface area is 132 Å². The second-order valence-electron chi connectivity index (χ2n) is 5.30. The maximum atomic E-state index is 11.1. The van der Waals surface area contributed by atoms with Gasteiger partial charge in [0.05, 0.1) is 11.3 Å². The van der Waals surface area contributed by atoms with Gasteiger partial charge in [-0.25, -0.2) is 4.79 Å². The number of hydrogen-bond donors (Lipinski definition) is 4. The first kappa shape index (κ1) is 14.7. The molecule has 0 radical (unpaired) electrons. The molecule has 0 aromatic heterocycles. The third-order valence-corrected chi connectivity index (χ3v) is 3.75. The Morgan fingerprint density at radius 1 is 0.957 bits per heavy atom. The minimum absolute atomic E-state index is 0.00136. The third-order valence-electron chi connectivity index (χ3n) is 3.75. The predicted molar refractivity (Wildman–Crippen MR) is 88.7 cm³/mol. The van der Waals surface area contributed by atoms with Crippen molar-refractivity contribution in [1.82, 2.24) is 0 Å². The zero-order chi connectivity index (χ0) is 16.6. The molecule has 0 unspecified atom stereocenters. The number of hydrogen-bond acceptors (Lipinski definition) is 4. The highest BCUT2D eigenvalue weighted by Gasteiger charge is 2.13. The lowest BCUT2D eigenvalue weighted by Gasteiger charge is -2.14. The molecule has 5 heteroatoms. The van der Waals surface area contributed by atoms with Crippen LogP contribution in [-0.4, -0.2) is 21.3 Å². The molecule has 23 heavy (non-hydrogen) atoms. The quantitative estimate of drug-likeness (QED) is 0.434. The first-order chi connectivity index (χ1) is 11.0. The fourth-order valence-electron chi connectivity index (χ4n) is 2.47. The van der Waals surface area contributed by atoms with Gasteiger partial charge in [-0.2, -0.15) is 0 Å². The molecule has 0 saturated heterocycles. The zero-order valence-electron chi connectivity index (χ0n) is 12.4. The van der Waals surface area contributed by atoms with Crippen LogP contribution >= 0.6 is 0 Å². The Kier molecular flexibility index (Phi) is 3.54. The lowest BCUT2D eigenvalue weighted by molar-refractivity contribution is 0.0697. The average molecular weight is 309 g/mol. The highest BCUT2D eigenvalue weighted by atomic mass is 16.4. The largest absolute Gasteiger partial charge is 0.507 e. The van der Waals surface area contributed by atoms with E-state index in [4.69, 9.17) is 5.11 Å². The summed E-state index contributed by atoms with van der Waals surface area (Å²) in [6, 6.07) is 13.1. The van der Waals surface area contributed by atoms with Crippen LogP contribution in [0.3, 0.4) is 0 Å². The number of nitrogens with one attached hydrogen (secondary N) is 1. The summed E-state index contributed by atoms with van der Waals surface area (Å²) in [5, 5.41) is 33.7. The van der Waals surface area contributed by atoms with Crippen molar-refractivity contribution < 1.29 is 20.1 Å². The molecule has 4 N–H and O–H groups in total. The number of benzene rings is 3. The summed E-state index contributed by atoms with van der Waals surface area (Å²) in [6.07, 6.45) is 0. The van der Waals surface area contributed by atoms with E-state index in [-0.39, 0.29) is 17.1 Å². The zero-order valence-corrected chi connectivity index (χ0v) is 12.4. The topological polar surface area (TPSA) is 89.8 Å². The number of aromatic hydroxyl groups is 2. The van der Waals surface area contributed by atoms with E-state index in [1.807, 2.05) is 6.92 Å². The van der Waals surface area contributed by atoms with Crippen molar-refractivity contribution in [2.75, 3.05) is 5.32 Å². The summed E-state index contributed by atoms with van der Waals surface area (Å²) in [7, 11) is 0. The fourth-order valence-corrected chi connectivity index (χ4v) is 2.47. The smallest absolute Gasteiger partial charge is 0.335 e. The molecule has 116 valence electrons. The van der Waals surface area contributed by atoms with Gasteiger partial charge in [0.1, 0.15) is 11.5 Å². The van der Waals surface area contributed by atoms with Crippen LogP contribution in [-0.2, 0) is 0 Å². The van der Waals surface area contributed by atoms with Gasteiger partial charge in [0.2, 0.25) is 0 Å². The van der Waals surface area contributed by atoms with Crippen LogP contribution in [0.15, 0.2) is 48.5 Å². The van der Waals surface area contributed by atoms with Crippen molar-refractivity contribution in [3.8, 4) is 11.5 Å². The van der Waals surface area contributed by atoms with Gasteiger partial charge in [0.15, 0.2) is 0 Å². The molecule has 0 spiro atoms. The number of carboxylic acids is 1.